The first-order valence-electron chi connectivity index (χ1n) is 7.41. The zero-order chi connectivity index (χ0) is 16.4. The normalized spacial score (nSPS) is 20.0. The van der Waals surface area contributed by atoms with Crippen LogP contribution in [0.25, 0.3) is 6.08 Å². The second-order valence-electron chi connectivity index (χ2n) is 4.87. The minimum absolute atomic E-state index is 0.0265. The summed E-state index contributed by atoms with van der Waals surface area (Å²) in [6, 6.07) is 3.68. The summed E-state index contributed by atoms with van der Waals surface area (Å²) in [5.74, 6) is 1.79. The lowest BCUT2D eigenvalue weighted by atomic mass is 10.1. The van der Waals surface area contributed by atoms with E-state index in [1.165, 1.54) is 11.8 Å². The molecule has 2 aliphatic heterocycles. The van der Waals surface area contributed by atoms with Crippen LogP contribution in [-0.4, -0.2) is 43.0 Å². The van der Waals surface area contributed by atoms with Gasteiger partial charge in [0.25, 0.3) is 5.91 Å². The highest BCUT2D eigenvalue weighted by atomic mass is 32.2. The van der Waals surface area contributed by atoms with Crippen molar-refractivity contribution in [2.24, 2.45) is 4.99 Å². The van der Waals surface area contributed by atoms with Crippen LogP contribution in [0.15, 0.2) is 22.0 Å². The fourth-order valence-corrected chi connectivity index (χ4v) is 3.53. The Morgan fingerprint density at radius 1 is 1.39 bits per heavy atom. The van der Waals surface area contributed by atoms with Crippen LogP contribution in [0, 0.1) is 0 Å². The maximum atomic E-state index is 12.5. The zero-order valence-corrected chi connectivity index (χ0v) is 14.1. The van der Waals surface area contributed by atoms with Gasteiger partial charge in [-0.25, -0.2) is 0 Å². The number of amidine groups is 1. The molecule has 0 aromatic heterocycles. The van der Waals surface area contributed by atoms with Gasteiger partial charge < -0.3 is 14.2 Å². The van der Waals surface area contributed by atoms with E-state index in [1.807, 2.05) is 32.1 Å². The molecule has 0 bridgehead atoms. The number of aliphatic imine (C=N–C) groups is 1. The summed E-state index contributed by atoms with van der Waals surface area (Å²) in [5, 5.41) is 0.749. The lowest BCUT2D eigenvalue weighted by Crippen LogP contribution is -2.28. The van der Waals surface area contributed by atoms with Crippen molar-refractivity contribution in [3.05, 3.63) is 22.6 Å². The predicted molar refractivity (Wildman–Crippen MR) is 90.0 cm³/mol. The summed E-state index contributed by atoms with van der Waals surface area (Å²) < 4.78 is 16.1. The Hall–Kier alpha value is -2.15. The maximum absolute atomic E-state index is 12.5. The molecular weight excluding hydrogens is 316 g/mol. The Balaban J connectivity index is 1.96. The highest BCUT2D eigenvalue weighted by molar-refractivity contribution is 8.18. The Morgan fingerprint density at radius 3 is 2.91 bits per heavy atom. The third-order valence-corrected chi connectivity index (χ3v) is 4.52. The molecule has 0 aliphatic carbocycles. The highest BCUT2D eigenvalue weighted by Gasteiger charge is 2.32. The Labute approximate surface area is 139 Å². The number of fused-ring (bicyclic) bond motifs is 1. The van der Waals surface area contributed by atoms with E-state index in [2.05, 4.69) is 4.99 Å². The van der Waals surface area contributed by atoms with Gasteiger partial charge in [0.05, 0.1) is 12.0 Å². The first-order chi connectivity index (χ1) is 11.2. The molecule has 1 aromatic rings. The van der Waals surface area contributed by atoms with Crippen molar-refractivity contribution in [3.8, 4) is 17.2 Å². The van der Waals surface area contributed by atoms with Crippen LogP contribution in [0.3, 0.4) is 0 Å². The van der Waals surface area contributed by atoms with Crippen molar-refractivity contribution >= 4 is 28.9 Å². The summed E-state index contributed by atoms with van der Waals surface area (Å²) >= 11 is 1.39. The second kappa shape index (κ2) is 6.54. The molecule has 23 heavy (non-hydrogen) atoms. The second-order valence-corrected chi connectivity index (χ2v) is 5.88. The zero-order valence-electron chi connectivity index (χ0n) is 13.3. The molecule has 0 N–H and O–H groups in total. The predicted octanol–water partition coefficient (Wildman–Crippen LogP) is 2.74. The quantitative estimate of drug-likeness (QED) is 0.793. The third kappa shape index (κ3) is 2.88. The summed E-state index contributed by atoms with van der Waals surface area (Å²) in [6.07, 6.45) is 1.83. The standard InChI is InChI=1S/C16H18N2O4S/c1-4-17-16-18(5-2)15(19)13(23-16)8-10-6-11(20-3)14-12(7-10)21-9-22-14/h6-8H,4-5,9H2,1-3H3/b13-8+,17-16?. The van der Waals surface area contributed by atoms with E-state index < -0.39 is 0 Å². The average molecular weight is 334 g/mol. The van der Waals surface area contributed by atoms with Crippen molar-refractivity contribution < 1.29 is 19.0 Å². The van der Waals surface area contributed by atoms with Gasteiger partial charge in [0.2, 0.25) is 12.5 Å². The number of thioether (sulfide) groups is 1. The molecule has 2 heterocycles. The third-order valence-electron chi connectivity index (χ3n) is 3.48. The SMILES string of the molecule is CCN=C1S/C(=C/c2cc(OC)c3c(c2)OCO3)C(=O)N1CC. The van der Waals surface area contributed by atoms with E-state index in [4.69, 9.17) is 14.2 Å². The minimum Gasteiger partial charge on any atom is -0.493 e. The van der Waals surface area contributed by atoms with E-state index in [9.17, 15) is 4.79 Å². The van der Waals surface area contributed by atoms with Crippen LogP contribution >= 0.6 is 11.8 Å². The Kier molecular flexibility index (Phi) is 4.47. The largest absolute Gasteiger partial charge is 0.493 e. The molecule has 6 nitrogen and oxygen atoms in total. The number of nitrogens with zero attached hydrogens (tertiary/aromatic N) is 2. The van der Waals surface area contributed by atoms with Gasteiger partial charge in [0.1, 0.15) is 0 Å². The molecule has 0 spiro atoms. The fourth-order valence-electron chi connectivity index (χ4n) is 2.42. The number of amides is 1. The van der Waals surface area contributed by atoms with Crippen LogP contribution < -0.4 is 14.2 Å². The molecule has 2 aliphatic rings. The van der Waals surface area contributed by atoms with Gasteiger partial charge >= 0.3 is 0 Å². The smallest absolute Gasteiger partial charge is 0.266 e. The topological polar surface area (TPSA) is 60.4 Å². The number of ether oxygens (including phenoxy) is 3. The number of hydrogen-bond acceptors (Lipinski definition) is 6. The summed E-state index contributed by atoms with van der Waals surface area (Å²) in [5.41, 5.74) is 0.829. The van der Waals surface area contributed by atoms with Gasteiger partial charge in [-0.3, -0.25) is 14.7 Å². The molecule has 122 valence electrons. The molecule has 1 fully saturated rings. The number of carbonyl (C=O) groups excluding carboxylic acids is 1. The Morgan fingerprint density at radius 2 is 2.22 bits per heavy atom. The molecule has 3 rings (SSSR count). The fraction of sp³-hybridized carbons (Fsp3) is 0.375. The molecule has 1 amide bonds. The summed E-state index contributed by atoms with van der Waals surface area (Å²) in [6.45, 7) is 5.33. The van der Waals surface area contributed by atoms with Gasteiger partial charge in [-0.15, -0.1) is 0 Å². The number of rotatable bonds is 4. The molecule has 0 saturated carbocycles. The average Bonchev–Trinajstić information content (AvgIpc) is 3.12. The highest BCUT2D eigenvalue weighted by Crippen LogP contribution is 2.43. The number of hydrogen-bond donors (Lipinski definition) is 0. The van der Waals surface area contributed by atoms with Crippen LogP contribution in [0.4, 0.5) is 0 Å². The van der Waals surface area contributed by atoms with Crippen molar-refractivity contribution in [2.45, 2.75) is 13.8 Å². The summed E-state index contributed by atoms with van der Waals surface area (Å²) in [7, 11) is 1.58. The van der Waals surface area contributed by atoms with Gasteiger partial charge in [0, 0.05) is 13.1 Å². The van der Waals surface area contributed by atoms with Gasteiger partial charge in [0.15, 0.2) is 16.7 Å². The van der Waals surface area contributed by atoms with Crippen LogP contribution in [-0.2, 0) is 4.79 Å². The van der Waals surface area contributed by atoms with Crippen LogP contribution in [0.2, 0.25) is 0 Å². The van der Waals surface area contributed by atoms with Gasteiger partial charge in [-0.1, -0.05) is 0 Å². The van der Waals surface area contributed by atoms with Crippen molar-refractivity contribution in [3.63, 3.8) is 0 Å². The monoisotopic (exact) mass is 334 g/mol. The molecule has 1 saturated heterocycles. The van der Waals surface area contributed by atoms with Crippen molar-refractivity contribution in [1.29, 1.82) is 0 Å². The van der Waals surface area contributed by atoms with E-state index in [1.54, 1.807) is 12.0 Å². The molecule has 0 atom stereocenters. The van der Waals surface area contributed by atoms with E-state index in [0.717, 1.165) is 10.7 Å². The molecular formula is C16H18N2O4S. The lowest BCUT2D eigenvalue weighted by molar-refractivity contribution is -0.122. The summed E-state index contributed by atoms with van der Waals surface area (Å²) in [4.78, 5) is 19.2. The first-order valence-corrected chi connectivity index (χ1v) is 8.23. The van der Waals surface area contributed by atoms with Crippen molar-refractivity contribution in [1.82, 2.24) is 4.90 Å². The lowest BCUT2D eigenvalue weighted by Gasteiger charge is -2.11. The molecule has 1 aromatic carbocycles. The number of methoxy groups -OCH3 is 1. The molecule has 0 radical (unpaired) electrons. The van der Waals surface area contributed by atoms with Gasteiger partial charge in [-0.2, -0.15) is 0 Å². The number of likely N-dealkylation sites (N-methyl/N-ethyl adjacent to an activating group) is 1. The van der Waals surface area contributed by atoms with E-state index in [0.29, 0.717) is 35.2 Å². The number of benzene rings is 1. The van der Waals surface area contributed by atoms with Crippen molar-refractivity contribution in [2.75, 3.05) is 27.0 Å². The van der Waals surface area contributed by atoms with Gasteiger partial charge in [-0.05, 0) is 49.4 Å². The minimum atomic E-state index is -0.0265. The van der Waals surface area contributed by atoms with Crippen LogP contribution in [0.1, 0.15) is 19.4 Å². The maximum Gasteiger partial charge on any atom is 0.266 e. The van der Waals surface area contributed by atoms with E-state index in [-0.39, 0.29) is 12.7 Å². The first kappa shape index (κ1) is 15.7. The van der Waals surface area contributed by atoms with Crippen LogP contribution in [0.5, 0.6) is 17.2 Å². The number of carbonyl (C=O) groups is 1. The van der Waals surface area contributed by atoms with E-state index >= 15 is 0 Å². The Bertz CT molecular complexity index is 700. The molecule has 0 unspecified atom stereocenters. The molecule has 7 heteroatoms.